The molecule has 0 aromatic rings. The van der Waals surface area contributed by atoms with Crippen LogP contribution in [-0.4, -0.2) is 33.9 Å². The second-order valence-corrected chi connectivity index (χ2v) is 9.76. The highest BCUT2D eigenvalue weighted by atomic mass is 31.2. The Hall–Kier alpha value is 0.0700. The predicted molar refractivity (Wildman–Crippen MR) is 122 cm³/mol. The molecule has 0 radical (unpaired) electrons. The van der Waals surface area contributed by atoms with Gasteiger partial charge >= 0.3 is 7.75 Å². The van der Waals surface area contributed by atoms with Crippen LogP contribution in [0.3, 0.4) is 0 Å². The van der Waals surface area contributed by atoms with Crippen molar-refractivity contribution in [2.75, 3.05) is 33.9 Å². The molecule has 0 aliphatic rings. The quantitative estimate of drug-likeness (QED) is 0.140. The van der Waals surface area contributed by atoms with E-state index in [1.165, 1.54) is 103 Å². The maximum absolute atomic E-state index is 12.2. The average Bonchev–Trinajstić information content (AvgIpc) is 2.70. The summed E-state index contributed by atoms with van der Waals surface area (Å²) in [5.41, 5.74) is 0. The number of hydrogen-bond donors (Lipinski definition) is 2. The van der Waals surface area contributed by atoms with Crippen molar-refractivity contribution in [3.8, 4) is 0 Å². The summed E-state index contributed by atoms with van der Waals surface area (Å²) in [6, 6.07) is 0. The van der Waals surface area contributed by atoms with Gasteiger partial charge in [-0.2, -0.15) is 0 Å². The highest BCUT2D eigenvalue weighted by molar-refractivity contribution is 7.51. The summed E-state index contributed by atoms with van der Waals surface area (Å²) in [5, 5.41) is 5.90. The molecule has 0 aliphatic heterocycles. The average molecular weight is 421 g/mol. The van der Waals surface area contributed by atoms with Crippen molar-refractivity contribution in [1.82, 2.24) is 10.4 Å². The first kappa shape index (κ1) is 28.1. The molecule has 0 amide bonds. The lowest BCUT2D eigenvalue weighted by Gasteiger charge is -2.17. The van der Waals surface area contributed by atoms with E-state index in [1.807, 2.05) is 7.05 Å². The van der Waals surface area contributed by atoms with E-state index in [1.54, 1.807) is 0 Å². The van der Waals surface area contributed by atoms with E-state index < -0.39 is 7.75 Å². The normalized spacial score (nSPS) is 13.7. The van der Waals surface area contributed by atoms with E-state index >= 15 is 0 Å². The molecule has 0 rings (SSSR count). The third-order valence-corrected chi connectivity index (χ3v) is 6.80. The smallest absolute Gasteiger partial charge is 0.317 e. The molecule has 0 saturated heterocycles. The molecule has 0 bridgehead atoms. The number of rotatable bonds is 23. The summed E-state index contributed by atoms with van der Waals surface area (Å²) in [6.07, 6.45) is 21.7. The van der Waals surface area contributed by atoms with Crippen LogP contribution in [0.4, 0.5) is 0 Å². The summed E-state index contributed by atoms with van der Waals surface area (Å²) >= 11 is 0. The zero-order valence-electron chi connectivity index (χ0n) is 19.1. The minimum atomic E-state index is -3.11. The molecule has 0 spiro atoms. The van der Waals surface area contributed by atoms with Crippen LogP contribution < -0.4 is 10.4 Å². The van der Waals surface area contributed by atoms with Gasteiger partial charge in [0.1, 0.15) is 0 Å². The van der Waals surface area contributed by atoms with E-state index in [9.17, 15) is 4.57 Å². The van der Waals surface area contributed by atoms with Gasteiger partial charge in [0, 0.05) is 20.2 Å². The SMILES string of the molecule is CCCCCCCCCCCCCCCCCCNP(=O)(OC)OCCNC. The monoisotopic (exact) mass is 420 g/mol. The molecular weight excluding hydrogens is 371 g/mol. The van der Waals surface area contributed by atoms with E-state index in [4.69, 9.17) is 9.05 Å². The predicted octanol–water partition coefficient (Wildman–Crippen LogP) is 6.83. The van der Waals surface area contributed by atoms with Crippen molar-refractivity contribution >= 4 is 7.75 Å². The van der Waals surface area contributed by atoms with Gasteiger partial charge in [-0.3, -0.25) is 4.52 Å². The fraction of sp³-hybridized carbons (Fsp3) is 1.00. The second kappa shape index (κ2) is 21.8. The minimum Gasteiger partial charge on any atom is -0.317 e. The Labute approximate surface area is 175 Å². The van der Waals surface area contributed by atoms with Gasteiger partial charge < -0.3 is 9.84 Å². The molecule has 0 aliphatic carbocycles. The molecule has 2 N–H and O–H groups in total. The second-order valence-electron chi connectivity index (χ2n) is 7.83. The molecular formula is C22H49N2O3P. The molecule has 0 aromatic heterocycles. The van der Waals surface area contributed by atoms with Crippen LogP contribution in [0.2, 0.25) is 0 Å². The summed E-state index contributed by atoms with van der Waals surface area (Å²) in [6.45, 7) is 4.01. The van der Waals surface area contributed by atoms with Crippen LogP contribution in [0.15, 0.2) is 0 Å². The van der Waals surface area contributed by atoms with Crippen molar-refractivity contribution in [1.29, 1.82) is 0 Å². The lowest BCUT2D eigenvalue weighted by atomic mass is 10.0. The Morgan fingerprint density at radius 3 is 1.50 bits per heavy atom. The first-order chi connectivity index (χ1) is 13.7. The van der Waals surface area contributed by atoms with Crippen LogP contribution in [0.25, 0.3) is 0 Å². The summed E-state index contributed by atoms with van der Waals surface area (Å²) in [5.74, 6) is 0. The van der Waals surface area contributed by atoms with Crippen LogP contribution in [0, 0.1) is 0 Å². The molecule has 170 valence electrons. The zero-order chi connectivity index (χ0) is 20.8. The lowest BCUT2D eigenvalue weighted by Crippen LogP contribution is -2.19. The lowest BCUT2D eigenvalue weighted by molar-refractivity contribution is 0.225. The number of likely N-dealkylation sites (N-methyl/N-ethyl adjacent to an activating group) is 1. The van der Waals surface area contributed by atoms with Gasteiger partial charge in [-0.1, -0.05) is 103 Å². The van der Waals surface area contributed by atoms with Gasteiger partial charge in [0.05, 0.1) is 6.61 Å². The van der Waals surface area contributed by atoms with Gasteiger partial charge in [0.15, 0.2) is 0 Å². The van der Waals surface area contributed by atoms with Gasteiger partial charge in [-0.05, 0) is 13.5 Å². The van der Waals surface area contributed by atoms with E-state index in [0.29, 0.717) is 19.7 Å². The molecule has 6 heteroatoms. The van der Waals surface area contributed by atoms with Gasteiger partial charge in [0.25, 0.3) is 0 Å². The zero-order valence-corrected chi connectivity index (χ0v) is 20.0. The minimum absolute atomic E-state index is 0.383. The Morgan fingerprint density at radius 2 is 1.11 bits per heavy atom. The van der Waals surface area contributed by atoms with Crippen molar-refractivity contribution in [3.63, 3.8) is 0 Å². The van der Waals surface area contributed by atoms with Crippen LogP contribution in [0.5, 0.6) is 0 Å². The molecule has 28 heavy (non-hydrogen) atoms. The molecule has 5 nitrogen and oxygen atoms in total. The van der Waals surface area contributed by atoms with Gasteiger partial charge in [0.2, 0.25) is 0 Å². The first-order valence-corrected chi connectivity index (χ1v) is 13.4. The molecule has 1 atom stereocenters. The maximum Gasteiger partial charge on any atom is 0.405 e. The first-order valence-electron chi connectivity index (χ1n) is 11.9. The summed E-state index contributed by atoms with van der Waals surface area (Å²) in [7, 11) is 0.160. The van der Waals surface area contributed by atoms with Crippen molar-refractivity contribution in [2.45, 2.75) is 110 Å². The van der Waals surface area contributed by atoms with Crippen LogP contribution in [-0.2, 0) is 13.6 Å². The Bertz CT molecular complexity index is 357. The molecule has 0 saturated carbocycles. The van der Waals surface area contributed by atoms with Crippen molar-refractivity contribution < 1.29 is 13.6 Å². The highest BCUT2D eigenvalue weighted by Gasteiger charge is 2.21. The topological polar surface area (TPSA) is 59.6 Å². The fourth-order valence-electron chi connectivity index (χ4n) is 3.32. The molecule has 0 aromatic carbocycles. The number of hydrogen-bond acceptors (Lipinski definition) is 4. The highest BCUT2D eigenvalue weighted by Crippen LogP contribution is 2.42. The van der Waals surface area contributed by atoms with E-state index in [2.05, 4.69) is 17.3 Å². The summed E-state index contributed by atoms with van der Waals surface area (Å²) in [4.78, 5) is 0. The summed E-state index contributed by atoms with van der Waals surface area (Å²) < 4.78 is 22.5. The Kier molecular flexibility index (Phi) is 21.8. The number of nitrogens with one attached hydrogen (secondary N) is 2. The third kappa shape index (κ3) is 19.4. The maximum atomic E-state index is 12.2. The fourth-order valence-corrected chi connectivity index (χ4v) is 4.41. The van der Waals surface area contributed by atoms with Crippen LogP contribution in [0.1, 0.15) is 110 Å². The van der Waals surface area contributed by atoms with Crippen molar-refractivity contribution in [2.24, 2.45) is 0 Å². The van der Waals surface area contributed by atoms with Gasteiger partial charge in [-0.15, -0.1) is 0 Å². The largest absolute Gasteiger partial charge is 0.405 e. The van der Waals surface area contributed by atoms with E-state index in [-0.39, 0.29) is 0 Å². The number of unbranched alkanes of at least 4 members (excludes halogenated alkanes) is 15. The standard InChI is InChI=1S/C22H49N2O3P/c1-4-5-6-7-8-9-10-11-12-13-14-15-16-17-18-19-20-24-28(25,26-3)27-22-21-23-2/h23H,4-22H2,1-3H3,(H,24,25). The van der Waals surface area contributed by atoms with E-state index in [0.717, 1.165) is 6.42 Å². The van der Waals surface area contributed by atoms with Crippen molar-refractivity contribution in [3.05, 3.63) is 0 Å². The Balaban J connectivity index is 3.27. The van der Waals surface area contributed by atoms with Gasteiger partial charge in [-0.25, -0.2) is 9.65 Å². The molecule has 0 heterocycles. The molecule has 0 fully saturated rings. The van der Waals surface area contributed by atoms with Crippen LogP contribution >= 0.6 is 7.75 Å². The Morgan fingerprint density at radius 1 is 0.679 bits per heavy atom. The third-order valence-electron chi connectivity index (χ3n) is 5.19. The molecule has 1 unspecified atom stereocenters.